The van der Waals surface area contributed by atoms with Gasteiger partial charge in [-0.25, -0.2) is 0 Å². The van der Waals surface area contributed by atoms with Gasteiger partial charge < -0.3 is 10.2 Å². The molecule has 0 spiro atoms. The van der Waals surface area contributed by atoms with E-state index in [4.69, 9.17) is 0 Å². The molecule has 1 aliphatic rings. The number of hydrogen-bond donors (Lipinski definition) is 1. The topological polar surface area (TPSA) is 15.3 Å². The van der Waals surface area contributed by atoms with Crippen LogP contribution in [0.3, 0.4) is 0 Å². The fourth-order valence-electron chi connectivity index (χ4n) is 2.29. The van der Waals surface area contributed by atoms with E-state index in [-0.39, 0.29) is 0 Å². The highest BCUT2D eigenvalue weighted by atomic mass is 15.2. The van der Waals surface area contributed by atoms with Gasteiger partial charge in [0.1, 0.15) is 0 Å². The summed E-state index contributed by atoms with van der Waals surface area (Å²) in [5.41, 5.74) is 4.26. The Morgan fingerprint density at radius 2 is 2.12 bits per heavy atom. The van der Waals surface area contributed by atoms with Crippen molar-refractivity contribution in [2.24, 2.45) is 0 Å². The maximum absolute atomic E-state index is 3.47. The molecule has 1 aromatic carbocycles. The third-order valence-corrected chi connectivity index (χ3v) is 3.69. The normalized spacial score (nSPS) is 22.3. The Hall–Kier alpha value is -0.860. The second-order valence-corrected chi connectivity index (χ2v) is 4.96. The van der Waals surface area contributed by atoms with Gasteiger partial charge in [0.2, 0.25) is 0 Å². The van der Waals surface area contributed by atoms with Crippen molar-refractivity contribution in [1.29, 1.82) is 0 Å². The first-order chi connectivity index (χ1) is 7.66. The highest BCUT2D eigenvalue weighted by molar-refractivity contribution is 5.30. The van der Waals surface area contributed by atoms with Crippen LogP contribution in [0.25, 0.3) is 0 Å². The zero-order chi connectivity index (χ0) is 11.5. The third kappa shape index (κ3) is 2.63. The standard InChI is InChI=1S/C14H22N2/c1-11-4-5-13(8-12(11)2)9-14-10-15-6-7-16(14)3/h4-5,8,14-15H,6-7,9-10H2,1-3H3/t14-/m0/s1. The first kappa shape index (κ1) is 11.6. The number of benzene rings is 1. The van der Waals surface area contributed by atoms with Crippen LogP contribution in [0, 0.1) is 13.8 Å². The van der Waals surface area contributed by atoms with E-state index in [1.54, 1.807) is 0 Å². The fraction of sp³-hybridized carbons (Fsp3) is 0.571. The summed E-state index contributed by atoms with van der Waals surface area (Å²) in [4.78, 5) is 2.46. The van der Waals surface area contributed by atoms with Gasteiger partial charge in [0.25, 0.3) is 0 Å². The van der Waals surface area contributed by atoms with Gasteiger partial charge in [-0.3, -0.25) is 0 Å². The number of aryl methyl sites for hydroxylation is 2. The number of hydrogen-bond acceptors (Lipinski definition) is 2. The molecule has 0 unspecified atom stereocenters. The quantitative estimate of drug-likeness (QED) is 0.813. The second kappa shape index (κ2) is 4.98. The van der Waals surface area contributed by atoms with Gasteiger partial charge in [-0.05, 0) is 44.0 Å². The highest BCUT2D eigenvalue weighted by Crippen LogP contribution is 2.14. The second-order valence-electron chi connectivity index (χ2n) is 4.96. The van der Waals surface area contributed by atoms with Gasteiger partial charge in [0.15, 0.2) is 0 Å². The lowest BCUT2D eigenvalue weighted by molar-refractivity contribution is 0.199. The molecule has 2 rings (SSSR count). The molecule has 0 bridgehead atoms. The molecule has 0 radical (unpaired) electrons. The van der Waals surface area contributed by atoms with E-state index in [1.807, 2.05) is 0 Å². The van der Waals surface area contributed by atoms with Crippen LogP contribution < -0.4 is 5.32 Å². The predicted octanol–water partition coefficient (Wildman–Crippen LogP) is 1.75. The average Bonchev–Trinajstić information content (AvgIpc) is 2.27. The lowest BCUT2D eigenvalue weighted by Gasteiger charge is -2.33. The van der Waals surface area contributed by atoms with Gasteiger partial charge in [-0.1, -0.05) is 18.2 Å². The lowest BCUT2D eigenvalue weighted by Crippen LogP contribution is -2.50. The lowest BCUT2D eigenvalue weighted by atomic mass is 9.99. The number of piperazine rings is 1. The Morgan fingerprint density at radius 1 is 1.31 bits per heavy atom. The van der Waals surface area contributed by atoms with Gasteiger partial charge in [0, 0.05) is 25.7 Å². The molecule has 2 nitrogen and oxygen atoms in total. The summed E-state index contributed by atoms with van der Waals surface area (Å²) in [6.45, 7) is 7.77. The minimum Gasteiger partial charge on any atom is -0.314 e. The van der Waals surface area contributed by atoms with Crippen molar-refractivity contribution >= 4 is 0 Å². The molecule has 2 heteroatoms. The molecule has 0 saturated carbocycles. The Balaban J connectivity index is 2.05. The van der Waals surface area contributed by atoms with Crippen LogP contribution in [0.15, 0.2) is 18.2 Å². The molecule has 1 N–H and O–H groups in total. The minimum atomic E-state index is 0.649. The third-order valence-electron chi connectivity index (χ3n) is 3.69. The molecule has 88 valence electrons. The van der Waals surface area contributed by atoms with Crippen molar-refractivity contribution in [2.75, 3.05) is 26.7 Å². The largest absolute Gasteiger partial charge is 0.314 e. The molecule has 1 atom stereocenters. The van der Waals surface area contributed by atoms with Crippen LogP contribution in [0.5, 0.6) is 0 Å². The Morgan fingerprint density at radius 3 is 2.81 bits per heavy atom. The van der Waals surface area contributed by atoms with E-state index >= 15 is 0 Å². The van der Waals surface area contributed by atoms with Crippen LogP contribution in [0.2, 0.25) is 0 Å². The molecule has 1 saturated heterocycles. The summed E-state index contributed by atoms with van der Waals surface area (Å²) >= 11 is 0. The van der Waals surface area contributed by atoms with Crippen LogP contribution in [-0.4, -0.2) is 37.6 Å². The monoisotopic (exact) mass is 218 g/mol. The summed E-state index contributed by atoms with van der Waals surface area (Å²) in [6.07, 6.45) is 1.16. The first-order valence-corrected chi connectivity index (χ1v) is 6.14. The van der Waals surface area contributed by atoms with E-state index in [0.29, 0.717) is 6.04 Å². The molecule has 0 amide bonds. The molecular weight excluding hydrogens is 196 g/mol. The summed E-state index contributed by atoms with van der Waals surface area (Å²) in [5, 5.41) is 3.47. The van der Waals surface area contributed by atoms with Crippen LogP contribution >= 0.6 is 0 Å². The molecule has 1 aromatic rings. The summed E-state index contributed by atoms with van der Waals surface area (Å²) in [6, 6.07) is 7.49. The summed E-state index contributed by atoms with van der Waals surface area (Å²) in [7, 11) is 2.23. The molecule has 16 heavy (non-hydrogen) atoms. The molecule has 0 aromatic heterocycles. The van der Waals surface area contributed by atoms with E-state index in [0.717, 1.165) is 26.1 Å². The van der Waals surface area contributed by atoms with Crippen molar-refractivity contribution in [1.82, 2.24) is 10.2 Å². The SMILES string of the molecule is Cc1ccc(C[C@H]2CNCCN2C)cc1C. The van der Waals surface area contributed by atoms with Crippen molar-refractivity contribution in [3.63, 3.8) is 0 Å². The smallest absolute Gasteiger partial charge is 0.0258 e. The molecule has 0 aliphatic carbocycles. The van der Waals surface area contributed by atoms with E-state index < -0.39 is 0 Å². The van der Waals surface area contributed by atoms with Crippen molar-refractivity contribution in [3.05, 3.63) is 34.9 Å². The highest BCUT2D eigenvalue weighted by Gasteiger charge is 2.18. The van der Waals surface area contributed by atoms with Crippen molar-refractivity contribution in [3.8, 4) is 0 Å². The summed E-state index contributed by atoms with van der Waals surface area (Å²) < 4.78 is 0. The Kier molecular flexibility index (Phi) is 3.62. The van der Waals surface area contributed by atoms with E-state index in [2.05, 4.69) is 49.3 Å². The van der Waals surface area contributed by atoms with E-state index in [1.165, 1.54) is 16.7 Å². The van der Waals surface area contributed by atoms with Gasteiger partial charge in [0.05, 0.1) is 0 Å². The zero-order valence-electron chi connectivity index (χ0n) is 10.6. The van der Waals surface area contributed by atoms with Crippen LogP contribution in [0.4, 0.5) is 0 Å². The molecule has 1 aliphatic heterocycles. The molecule has 1 heterocycles. The number of likely N-dealkylation sites (N-methyl/N-ethyl adjacent to an activating group) is 1. The number of rotatable bonds is 2. The fourth-order valence-corrected chi connectivity index (χ4v) is 2.29. The van der Waals surface area contributed by atoms with Gasteiger partial charge in [-0.2, -0.15) is 0 Å². The maximum atomic E-state index is 3.47. The zero-order valence-corrected chi connectivity index (χ0v) is 10.6. The number of nitrogens with zero attached hydrogens (tertiary/aromatic N) is 1. The molecular formula is C14H22N2. The summed E-state index contributed by atoms with van der Waals surface area (Å²) in [5.74, 6) is 0. The minimum absolute atomic E-state index is 0.649. The first-order valence-electron chi connectivity index (χ1n) is 6.14. The number of nitrogens with one attached hydrogen (secondary N) is 1. The van der Waals surface area contributed by atoms with Crippen molar-refractivity contribution < 1.29 is 0 Å². The average molecular weight is 218 g/mol. The maximum Gasteiger partial charge on any atom is 0.0258 e. The Bertz CT molecular complexity index is 360. The van der Waals surface area contributed by atoms with E-state index in [9.17, 15) is 0 Å². The van der Waals surface area contributed by atoms with Crippen LogP contribution in [0.1, 0.15) is 16.7 Å². The predicted molar refractivity (Wildman–Crippen MR) is 68.9 cm³/mol. The van der Waals surface area contributed by atoms with Crippen molar-refractivity contribution in [2.45, 2.75) is 26.3 Å². The van der Waals surface area contributed by atoms with Gasteiger partial charge >= 0.3 is 0 Å². The Labute approximate surface area is 98.7 Å². The molecule has 1 fully saturated rings. The van der Waals surface area contributed by atoms with Crippen LogP contribution in [-0.2, 0) is 6.42 Å². The van der Waals surface area contributed by atoms with Gasteiger partial charge in [-0.15, -0.1) is 0 Å².